The van der Waals surface area contributed by atoms with Crippen LogP contribution in [0.4, 0.5) is 13.2 Å². The Labute approximate surface area is 79.5 Å². The van der Waals surface area contributed by atoms with Crippen LogP contribution in [0.25, 0.3) is 0 Å². The van der Waals surface area contributed by atoms with Gasteiger partial charge in [-0.05, 0) is 20.8 Å². The van der Waals surface area contributed by atoms with Gasteiger partial charge in [0.25, 0.3) is 0 Å². The van der Waals surface area contributed by atoms with Gasteiger partial charge in [-0.2, -0.15) is 0 Å². The molecule has 0 fully saturated rings. The molecule has 0 heterocycles. The molecular formula is C10H9F3O. The third-order valence-electron chi connectivity index (χ3n) is 2.13. The molecule has 1 aromatic carbocycles. The van der Waals surface area contributed by atoms with Crippen LogP contribution in [0.1, 0.15) is 28.4 Å². The predicted octanol–water partition coefficient (Wildman–Crippen LogP) is 2.92. The largest absolute Gasteiger partial charge is 0.294 e. The van der Waals surface area contributed by atoms with E-state index in [1.807, 2.05) is 0 Å². The highest BCUT2D eigenvalue weighted by Gasteiger charge is 2.22. The Hall–Kier alpha value is -1.32. The Kier molecular flexibility index (Phi) is 2.64. The van der Waals surface area contributed by atoms with E-state index in [9.17, 15) is 18.0 Å². The second-order valence-corrected chi connectivity index (χ2v) is 3.12. The molecule has 76 valence electrons. The molecule has 0 saturated carbocycles. The summed E-state index contributed by atoms with van der Waals surface area (Å²) in [7, 11) is 0. The van der Waals surface area contributed by atoms with Gasteiger partial charge in [0.1, 0.15) is 5.82 Å². The highest BCUT2D eigenvalue weighted by molar-refractivity contribution is 5.96. The topological polar surface area (TPSA) is 17.1 Å². The number of benzene rings is 1. The van der Waals surface area contributed by atoms with Gasteiger partial charge in [-0.15, -0.1) is 0 Å². The fraction of sp³-hybridized carbons (Fsp3) is 0.300. The van der Waals surface area contributed by atoms with E-state index in [0.717, 1.165) is 13.8 Å². The third kappa shape index (κ3) is 1.41. The molecule has 0 spiro atoms. The van der Waals surface area contributed by atoms with Crippen LogP contribution < -0.4 is 0 Å². The molecule has 1 nitrogen and oxygen atoms in total. The Bertz CT molecular complexity index is 381. The van der Waals surface area contributed by atoms with Crippen LogP contribution in [-0.4, -0.2) is 5.78 Å². The standard InChI is InChI=1S/C10H9F3O/c1-4-7(6(3)14)8(11)5(2)10(13)9(4)12/h1-3H3. The Morgan fingerprint density at radius 1 is 0.929 bits per heavy atom. The molecule has 14 heavy (non-hydrogen) atoms. The number of halogens is 3. The van der Waals surface area contributed by atoms with E-state index in [0.29, 0.717) is 0 Å². The highest BCUT2D eigenvalue weighted by atomic mass is 19.2. The first-order valence-electron chi connectivity index (χ1n) is 4.02. The quantitative estimate of drug-likeness (QED) is 0.505. The van der Waals surface area contributed by atoms with E-state index < -0.39 is 28.8 Å². The average molecular weight is 202 g/mol. The fourth-order valence-electron chi connectivity index (χ4n) is 1.31. The van der Waals surface area contributed by atoms with Gasteiger partial charge in [0.2, 0.25) is 0 Å². The molecular weight excluding hydrogens is 193 g/mol. The lowest BCUT2D eigenvalue weighted by atomic mass is 10.0. The van der Waals surface area contributed by atoms with Crippen molar-refractivity contribution in [2.45, 2.75) is 20.8 Å². The highest BCUT2D eigenvalue weighted by Crippen LogP contribution is 2.24. The fourth-order valence-corrected chi connectivity index (χ4v) is 1.31. The van der Waals surface area contributed by atoms with Crippen molar-refractivity contribution in [1.29, 1.82) is 0 Å². The van der Waals surface area contributed by atoms with Crippen LogP contribution in [0.2, 0.25) is 0 Å². The molecule has 0 saturated heterocycles. The van der Waals surface area contributed by atoms with Gasteiger partial charge in [0.05, 0.1) is 5.56 Å². The first-order chi connectivity index (χ1) is 6.37. The summed E-state index contributed by atoms with van der Waals surface area (Å²) < 4.78 is 39.4. The first-order valence-corrected chi connectivity index (χ1v) is 4.02. The van der Waals surface area contributed by atoms with Crippen molar-refractivity contribution in [3.8, 4) is 0 Å². The molecule has 0 amide bonds. The molecule has 0 unspecified atom stereocenters. The summed E-state index contributed by atoms with van der Waals surface area (Å²) in [5.41, 5.74) is -1.11. The van der Waals surface area contributed by atoms with Crippen molar-refractivity contribution in [3.05, 3.63) is 34.1 Å². The van der Waals surface area contributed by atoms with Crippen LogP contribution >= 0.6 is 0 Å². The van der Waals surface area contributed by atoms with Crippen molar-refractivity contribution in [1.82, 2.24) is 0 Å². The van der Waals surface area contributed by atoms with Crippen LogP contribution in [-0.2, 0) is 0 Å². The van der Waals surface area contributed by atoms with E-state index in [-0.39, 0.29) is 11.1 Å². The van der Waals surface area contributed by atoms with Gasteiger partial charge in [-0.25, -0.2) is 13.2 Å². The zero-order valence-corrected chi connectivity index (χ0v) is 8.04. The van der Waals surface area contributed by atoms with Gasteiger partial charge in [-0.1, -0.05) is 0 Å². The normalized spacial score (nSPS) is 10.4. The van der Waals surface area contributed by atoms with Gasteiger partial charge < -0.3 is 0 Å². The SMILES string of the molecule is CC(=O)c1c(C)c(F)c(F)c(C)c1F. The van der Waals surface area contributed by atoms with Crippen molar-refractivity contribution < 1.29 is 18.0 Å². The molecule has 0 radical (unpaired) electrons. The van der Waals surface area contributed by atoms with E-state index in [2.05, 4.69) is 0 Å². The zero-order valence-electron chi connectivity index (χ0n) is 8.04. The first kappa shape index (κ1) is 10.8. The van der Waals surface area contributed by atoms with Crippen molar-refractivity contribution in [2.24, 2.45) is 0 Å². The maximum Gasteiger partial charge on any atom is 0.164 e. The second-order valence-electron chi connectivity index (χ2n) is 3.12. The van der Waals surface area contributed by atoms with Gasteiger partial charge in [0.15, 0.2) is 17.4 Å². The molecule has 0 aliphatic carbocycles. The third-order valence-corrected chi connectivity index (χ3v) is 2.13. The predicted molar refractivity (Wildman–Crippen MR) is 45.8 cm³/mol. The number of carbonyl (C=O) groups is 1. The van der Waals surface area contributed by atoms with Crippen molar-refractivity contribution in [2.75, 3.05) is 0 Å². The van der Waals surface area contributed by atoms with E-state index in [4.69, 9.17) is 0 Å². The van der Waals surface area contributed by atoms with Crippen LogP contribution in [0.5, 0.6) is 0 Å². The van der Waals surface area contributed by atoms with Crippen LogP contribution in [0.15, 0.2) is 0 Å². The summed E-state index contributed by atoms with van der Waals surface area (Å²) in [6.45, 7) is 3.39. The summed E-state index contributed by atoms with van der Waals surface area (Å²) in [6, 6.07) is 0. The number of Topliss-reactive ketones (excluding diaryl/α,β-unsaturated/α-hetero) is 1. The minimum Gasteiger partial charge on any atom is -0.294 e. The molecule has 0 atom stereocenters. The molecule has 0 aromatic heterocycles. The van der Waals surface area contributed by atoms with E-state index in [1.54, 1.807) is 0 Å². The van der Waals surface area contributed by atoms with Gasteiger partial charge >= 0.3 is 0 Å². The van der Waals surface area contributed by atoms with Crippen molar-refractivity contribution in [3.63, 3.8) is 0 Å². The number of carbonyl (C=O) groups excluding carboxylic acids is 1. The van der Waals surface area contributed by atoms with Gasteiger partial charge in [-0.3, -0.25) is 4.79 Å². The molecule has 0 aliphatic rings. The number of rotatable bonds is 1. The number of hydrogen-bond donors (Lipinski definition) is 0. The lowest BCUT2D eigenvalue weighted by Crippen LogP contribution is -2.08. The molecule has 1 rings (SSSR count). The molecule has 0 N–H and O–H groups in total. The maximum absolute atomic E-state index is 13.3. The number of hydrogen-bond acceptors (Lipinski definition) is 1. The summed E-state index contributed by atoms with van der Waals surface area (Å²) in [5.74, 6) is -3.98. The lowest BCUT2D eigenvalue weighted by molar-refractivity contribution is 0.101. The molecule has 0 bridgehead atoms. The lowest BCUT2D eigenvalue weighted by Gasteiger charge is -2.09. The molecule has 1 aromatic rings. The van der Waals surface area contributed by atoms with Crippen LogP contribution in [0.3, 0.4) is 0 Å². The second kappa shape index (κ2) is 3.44. The summed E-state index contributed by atoms with van der Waals surface area (Å²) in [4.78, 5) is 11.0. The van der Waals surface area contributed by atoms with Gasteiger partial charge in [0, 0.05) is 11.1 Å². The zero-order chi connectivity index (χ0) is 11.0. The Balaban J connectivity index is 3.68. The smallest absolute Gasteiger partial charge is 0.164 e. The Morgan fingerprint density at radius 3 is 1.79 bits per heavy atom. The monoisotopic (exact) mass is 202 g/mol. The Morgan fingerprint density at radius 2 is 1.36 bits per heavy atom. The minimum atomic E-state index is -1.23. The summed E-state index contributed by atoms with van der Waals surface area (Å²) >= 11 is 0. The summed E-state index contributed by atoms with van der Waals surface area (Å²) in [6.07, 6.45) is 0. The summed E-state index contributed by atoms with van der Waals surface area (Å²) in [5, 5.41) is 0. The van der Waals surface area contributed by atoms with Crippen LogP contribution in [0, 0.1) is 31.3 Å². The minimum absolute atomic E-state index is 0.280. The maximum atomic E-state index is 13.3. The van der Waals surface area contributed by atoms with Crippen molar-refractivity contribution >= 4 is 5.78 Å². The molecule has 0 aliphatic heterocycles. The molecule has 4 heteroatoms. The van der Waals surface area contributed by atoms with E-state index >= 15 is 0 Å². The number of ketones is 1. The average Bonchev–Trinajstić information content (AvgIpc) is 2.11. The van der Waals surface area contributed by atoms with E-state index in [1.165, 1.54) is 6.92 Å².